The van der Waals surface area contributed by atoms with Crippen LogP contribution in [0.3, 0.4) is 0 Å². The van der Waals surface area contributed by atoms with Crippen LogP contribution in [0.1, 0.15) is 0 Å². The molecule has 0 radical (unpaired) electrons. The first kappa shape index (κ1) is 16.4. The molecule has 0 bridgehead atoms. The van der Waals surface area contributed by atoms with Crippen LogP contribution in [0.15, 0.2) is 0 Å². The van der Waals surface area contributed by atoms with E-state index in [0.717, 1.165) is 0 Å². The fourth-order valence-electron chi connectivity index (χ4n) is 0. The van der Waals surface area contributed by atoms with Crippen LogP contribution in [0.4, 0.5) is 0 Å². The Bertz CT molecular complexity index is 69.1. The molecule has 0 atom stereocenters. The summed E-state index contributed by atoms with van der Waals surface area (Å²) in [6, 6.07) is 0. The van der Waals surface area contributed by atoms with Gasteiger partial charge in [0.05, 0.1) is 0 Å². The van der Waals surface area contributed by atoms with Gasteiger partial charge in [0.25, 0.3) is 0 Å². The first-order valence-electron chi connectivity index (χ1n) is 1.00. The largest absolute Gasteiger partial charge is 4.00 e. The van der Waals surface area contributed by atoms with Crippen LogP contribution < -0.4 is 0 Å². The zero-order valence-corrected chi connectivity index (χ0v) is 6.99. The third kappa shape index (κ3) is 688. The van der Waals surface area contributed by atoms with Gasteiger partial charge in [-0.3, -0.25) is 8.42 Å². The van der Waals surface area contributed by atoms with Crippen molar-refractivity contribution in [2.75, 3.05) is 0 Å². The molecule has 0 heterocycles. The first-order chi connectivity index (χ1) is 3.46. The van der Waals surface area contributed by atoms with Crippen molar-refractivity contribution in [3.63, 3.8) is 0 Å². The van der Waals surface area contributed by atoms with E-state index in [9.17, 15) is 0 Å². The zero-order chi connectivity index (χ0) is 7.15. The summed E-state index contributed by atoms with van der Waals surface area (Å²) >= 11 is -6.22. The Morgan fingerprint density at radius 2 is 0.778 bits per heavy atom. The molecule has 0 aromatic rings. The maximum absolute atomic E-state index is 8.44. The van der Waals surface area contributed by atoms with Crippen LogP contribution in [0, 0.1) is 0 Å². The molecule has 0 saturated heterocycles. The van der Waals surface area contributed by atoms with Crippen molar-refractivity contribution in [1.29, 1.82) is 0 Å². The standard InChI is InChI=1S/2H2O3S.Ru/c2*1-4(2)3;/h2*(H2,1,2,3);/q;;+4/p-4. The fourth-order valence-corrected chi connectivity index (χ4v) is 0. The average molecular weight is 261 g/mol. The third-order valence-electron chi connectivity index (χ3n) is 0. The number of hydrogen-bond acceptors (Lipinski definition) is 6. The molecular weight excluding hydrogens is 261 g/mol. The molecular formula is O6RuS2. The molecule has 0 aliphatic heterocycles. The Morgan fingerprint density at radius 1 is 0.778 bits per heavy atom. The van der Waals surface area contributed by atoms with Gasteiger partial charge in [-0.15, -0.1) is 22.7 Å². The van der Waals surface area contributed by atoms with Crippen LogP contribution in [0.25, 0.3) is 0 Å². The SMILES string of the molecule is O=S([O-])[O-].O=S([O-])[O-].[Ru+4]. The number of rotatable bonds is 0. The maximum atomic E-state index is 8.44. The minimum Gasteiger partial charge on any atom is -0.784 e. The maximum Gasteiger partial charge on any atom is 4.00 e. The van der Waals surface area contributed by atoms with E-state index in [0.29, 0.717) is 0 Å². The Balaban J connectivity index is -0.0000000720. The van der Waals surface area contributed by atoms with Gasteiger partial charge < -0.3 is 18.2 Å². The summed E-state index contributed by atoms with van der Waals surface area (Å²) in [5.41, 5.74) is 0. The molecule has 56 valence electrons. The van der Waals surface area contributed by atoms with Gasteiger partial charge in [0.2, 0.25) is 0 Å². The molecule has 0 unspecified atom stereocenters. The Kier molecular flexibility index (Phi) is 21.0. The summed E-state index contributed by atoms with van der Waals surface area (Å²) in [5.74, 6) is 0. The average Bonchev–Trinajstić information content (AvgIpc) is 1.25. The number of hydrogen-bond donors (Lipinski definition) is 0. The normalized spacial score (nSPS) is 7.78. The van der Waals surface area contributed by atoms with Crippen molar-refractivity contribution < 1.29 is 46.1 Å². The molecule has 0 N–H and O–H groups in total. The van der Waals surface area contributed by atoms with Crippen molar-refractivity contribution in [2.45, 2.75) is 0 Å². The van der Waals surface area contributed by atoms with E-state index in [-0.39, 0.29) is 19.5 Å². The van der Waals surface area contributed by atoms with Gasteiger partial charge in [-0.05, 0) is 0 Å². The van der Waals surface area contributed by atoms with Gasteiger partial charge >= 0.3 is 19.5 Å². The van der Waals surface area contributed by atoms with Gasteiger partial charge in [0, 0.05) is 0 Å². The van der Waals surface area contributed by atoms with Crippen molar-refractivity contribution >= 4 is 22.7 Å². The van der Waals surface area contributed by atoms with Gasteiger partial charge in [0.15, 0.2) is 0 Å². The van der Waals surface area contributed by atoms with E-state index < -0.39 is 22.7 Å². The van der Waals surface area contributed by atoms with E-state index in [2.05, 4.69) is 0 Å². The Labute approximate surface area is 69.0 Å². The van der Waals surface area contributed by atoms with E-state index in [1.165, 1.54) is 0 Å². The minimum atomic E-state index is -3.11. The zero-order valence-electron chi connectivity index (χ0n) is 3.62. The topological polar surface area (TPSA) is 126 Å². The van der Waals surface area contributed by atoms with Gasteiger partial charge in [0.1, 0.15) is 0 Å². The summed E-state index contributed by atoms with van der Waals surface area (Å²) in [7, 11) is 0. The van der Waals surface area contributed by atoms with Crippen molar-refractivity contribution in [3.05, 3.63) is 0 Å². The molecule has 0 aliphatic rings. The summed E-state index contributed by atoms with van der Waals surface area (Å²) < 4.78 is 50.7. The molecule has 0 spiro atoms. The predicted molar refractivity (Wildman–Crippen MR) is 19.4 cm³/mol. The molecule has 0 amide bonds. The van der Waals surface area contributed by atoms with Crippen molar-refractivity contribution in [2.24, 2.45) is 0 Å². The van der Waals surface area contributed by atoms with Crippen molar-refractivity contribution in [3.8, 4) is 0 Å². The molecule has 6 nitrogen and oxygen atoms in total. The second kappa shape index (κ2) is 11.5. The van der Waals surface area contributed by atoms with Gasteiger partial charge in [-0.1, -0.05) is 0 Å². The van der Waals surface area contributed by atoms with Crippen LogP contribution in [-0.4, -0.2) is 26.6 Å². The molecule has 0 fully saturated rings. The summed E-state index contributed by atoms with van der Waals surface area (Å²) in [4.78, 5) is 0. The predicted octanol–water partition coefficient (Wildman–Crippen LogP) is -2.01. The Hall–Kier alpha value is 0.763. The Morgan fingerprint density at radius 3 is 0.778 bits per heavy atom. The quantitative estimate of drug-likeness (QED) is 0.366. The van der Waals surface area contributed by atoms with Crippen LogP contribution in [-0.2, 0) is 42.2 Å². The summed E-state index contributed by atoms with van der Waals surface area (Å²) in [6.45, 7) is 0. The molecule has 0 aromatic carbocycles. The van der Waals surface area contributed by atoms with Crippen LogP contribution in [0.2, 0.25) is 0 Å². The van der Waals surface area contributed by atoms with Crippen molar-refractivity contribution in [1.82, 2.24) is 0 Å². The van der Waals surface area contributed by atoms with Gasteiger partial charge in [-0.25, -0.2) is 0 Å². The van der Waals surface area contributed by atoms with E-state index in [1.807, 2.05) is 0 Å². The molecule has 9 heteroatoms. The summed E-state index contributed by atoms with van der Waals surface area (Å²) in [6.07, 6.45) is 0. The molecule has 0 rings (SSSR count). The molecule has 0 aliphatic carbocycles. The smallest absolute Gasteiger partial charge is 0.784 e. The van der Waals surface area contributed by atoms with E-state index in [1.54, 1.807) is 0 Å². The first-order valence-corrected chi connectivity index (χ1v) is 3.00. The van der Waals surface area contributed by atoms with E-state index in [4.69, 9.17) is 26.6 Å². The molecule has 0 saturated carbocycles. The molecule has 0 aromatic heterocycles. The molecule has 9 heavy (non-hydrogen) atoms. The summed E-state index contributed by atoms with van der Waals surface area (Å²) in [5, 5.41) is 0. The second-order valence-electron chi connectivity index (χ2n) is 0.408. The van der Waals surface area contributed by atoms with Crippen LogP contribution >= 0.6 is 0 Å². The van der Waals surface area contributed by atoms with E-state index >= 15 is 0 Å². The van der Waals surface area contributed by atoms with Crippen LogP contribution in [0.5, 0.6) is 0 Å². The fraction of sp³-hybridized carbons (Fsp3) is 0. The monoisotopic (exact) mass is 262 g/mol. The van der Waals surface area contributed by atoms with Gasteiger partial charge in [-0.2, -0.15) is 0 Å². The third-order valence-corrected chi connectivity index (χ3v) is 0. The minimum absolute atomic E-state index is 0. The second-order valence-corrected chi connectivity index (χ2v) is 1.22.